The third-order valence-corrected chi connectivity index (χ3v) is 4.20. The van der Waals surface area contributed by atoms with Crippen molar-refractivity contribution in [1.82, 2.24) is 4.98 Å². The minimum Gasteiger partial charge on any atom is -0.324 e. The molecule has 0 saturated carbocycles. The third-order valence-electron chi connectivity index (χ3n) is 3.52. The van der Waals surface area contributed by atoms with Crippen molar-refractivity contribution in [2.24, 2.45) is 5.41 Å². The molecular formula is C15H15N3O2S. The molecule has 0 fully saturated rings. The van der Waals surface area contributed by atoms with Gasteiger partial charge in [0.15, 0.2) is 0 Å². The Balaban J connectivity index is 2.09. The van der Waals surface area contributed by atoms with Crippen LogP contribution in [0.25, 0.3) is 0 Å². The lowest BCUT2D eigenvalue weighted by molar-refractivity contribution is -0.123. The van der Waals surface area contributed by atoms with Crippen LogP contribution in [0.4, 0.5) is 11.4 Å². The first-order valence-corrected chi connectivity index (χ1v) is 7.53. The van der Waals surface area contributed by atoms with Crippen molar-refractivity contribution in [3.05, 3.63) is 40.8 Å². The maximum Gasteiger partial charge on any atom is 0.259 e. The summed E-state index contributed by atoms with van der Waals surface area (Å²) in [6.07, 6.45) is 3.21. The number of thiophene rings is 1. The second kappa shape index (κ2) is 4.96. The summed E-state index contributed by atoms with van der Waals surface area (Å²) in [4.78, 5) is 30.7. The highest BCUT2D eigenvalue weighted by atomic mass is 32.1. The summed E-state index contributed by atoms with van der Waals surface area (Å²) in [5.74, 6) is -0.217. The average Bonchev–Trinajstić information content (AvgIpc) is 2.96. The number of carbonyl (C=O) groups is 2. The third kappa shape index (κ3) is 2.42. The van der Waals surface area contributed by atoms with E-state index in [1.54, 1.807) is 29.4 Å². The predicted octanol–water partition coefficient (Wildman–Crippen LogP) is 2.77. The number of hydrogen-bond donors (Lipinski definition) is 1. The summed E-state index contributed by atoms with van der Waals surface area (Å²) in [6.45, 7) is 3.97. The van der Waals surface area contributed by atoms with E-state index in [1.165, 1.54) is 11.3 Å². The van der Waals surface area contributed by atoms with Crippen LogP contribution < -0.4 is 10.2 Å². The molecule has 2 amide bonds. The lowest BCUT2D eigenvalue weighted by Gasteiger charge is -2.27. The van der Waals surface area contributed by atoms with Gasteiger partial charge in [-0.25, -0.2) is 0 Å². The van der Waals surface area contributed by atoms with E-state index in [-0.39, 0.29) is 11.8 Å². The summed E-state index contributed by atoms with van der Waals surface area (Å²) in [5.41, 5.74) is 1.20. The van der Waals surface area contributed by atoms with Crippen LogP contribution in [0.5, 0.6) is 0 Å². The van der Waals surface area contributed by atoms with Crippen molar-refractivity contribution in [1.29, 1.82) is 0 Å². The standard InChI is InChI=1S/C15H15N3O2S/c1-15(2)9-18(13(19)10-4-6-21-8-10)12-7-16-5-3-11(12)17-14(15)20/h3-8H,9H2,1-2H3,(H,17,20). The highest BCUT2D eigenvalue weighted by molar-refractivity contribution is 7.08. The van der Waals surface area contributed by atoms with E-state index >= 15 is 0 Å². The summed E-state index contributed by atoms with van der Waals surface area (Å²) in [5, 5.41) is 6.55. The summed E-state index contributed by atoms with van der Waals surface area (Å²) in [6, 6.07) is 3.50. The van der Waals surface area contributed by atoms with Crippen LogP contribution in [0.15, 0.2) is 35.3 Å². The zero-order valence-corrected chi connectivity index (χ0v) is 12.6. The Hall–Kier alpha value is -2.21. The molecule has 1 aliphatic heterocycles. The number of anilines is 2. The van der Waals surface area contributed by atoms with Gasteiger partial charge in [-0.1, -0.05) is 0 Å². The van der Waals surface area contributed by atoms with Gasteiger partial charge in [-0.3, -0.25) is 14.6 Å². The van der Waals surface area contributed by atoms with E-state index < -0.39 is 5.41 Å². The van der Waals surface area contributed by atoms with Crippen molar-refractivity contribution in [3.8, 4) is 0 Å². The molecule has 2 aromatic rings. The molecule has 0 radical (unpaired) electrons. The molecule has 6 heteroatoms. The van der Waals surface area contributed by atoms with Gasteiger partial charge in [0.05, 0.1) is 28.6 Å². The lowest BCUT2D eigenvalue weighted by Crippen LogP contribution is -2.42. The number of rotatable bonds is 1. The van der Waals surface area contributed by atoms with E-state index in [4.69, 9.17) is 0 Å². The van der Waals surface area contributed by atoms with Gasteiger partial charge in [0.2, 0.25) is 5.91 Å². The quantitative estimate of drug-likeness (QED) is 0.881. The molecular weight excluding hydrogens is 286 g/mol. The SMILES string of the molecule is CC1(C)CN(C(=O)c2ccsc2)c2cnccc2NC1=O. The summed E-state index contributed by atoms with van der Waals surface area (Å²) < 4.78 is 0. The molecule has 0 spiro atoms. The number of pyridine rings is 1. The molecule has 3 heterocycles. The first kappa shape index (κ1) is 13.8. The van der Waals surface area contributed by atoms with Gasteiger partial charge in [-0.2, -0.15) is 11.3 Å². The molecule has 5 nitrogen and oxygen atoms in total. The maximum atomic E-state index is 12.7. The molecule has 0 atom stereocenters. The highest BCUT2D eigenvalue weighted by Crippen LogP contribution is 2.34. The Labute approximate surface area is 126 Å². The fourth-order valence-electron chi connectivity index (χ4n) is 2.27. The van der Waals surface area contributed by atoms with E-state index in [1.807, 2.05) is 24.6 Å². The van der Waals surface area contributed by atoms with Crippen molar-refractivity contribution < 1.29 is 9.59 Å². The molecule has 21 heavy (non-hydrogen) atoms. The minimum absolute atomic E-state index is 0.101. The largest absolute Gasteiger partial charge is 0.324 e. The Morgan fingerprint density at radius 1 is 1.43 bits per heavy atom. The molecule has 108 valence electrons. The van der Waals surface area contributed by atoms with Crippen LogP contribution in [0.3, 0.4) is 0 Å². The first-order valence-electron chi connectivity index (χ1n) is 6.58. The number of nitrogens with one attached hydrogen (secondary N) is 1. The maximum absolute atomic E-state index is 12.7. The molecule has 0 aliphatic carbocycles. The Morgan fingerprint density at radius 3 is 2.95 bits per heavy atom. The smallest absolute Gasteiger partial charge is 0.259 e. The van der Waals surface area contributed by atoms with Gasteiger partial charge in [0, 0.05) is 18.1 Å². The van der Waals surface area contributed by atoms with Gasteiger partial charge in [-0.05, 0) is 31.4 Å². The Kier molecular flexibility index (Phi) is 3.25. The molecule has 0 saturated heterocycles. The van der Waals surface area contributed by atoms with Gasteiger partial charge in [-0.15, -0.1) is 0 Å². The van der Waals surface area contributed by atoms with Gasteiger partial charge in [0.1, 0.15) is 0 Å². The van der Waals surface area contributed by atoms with E-state index in [9.17, 15) is 9.59 Å². The molecule has 0 bridgehead atoms. The van der Waals surface area contributed by atoms with Crippen LogP contribution in [0, 0.1) is 5.41 Å². The van der Waals surface area contributed by atoms with Gasteiger partial charge >= 0.3 is 0 Å². The van der Waals surface area contributed by atoms with Crippen LogP contribution >= 0.6 is 11.3 Å². The molecule has 0 unspecified atom stereocenters. The van der Waals surface area contributed by atoms with Crippen LogP contribution in [-0.4, -0.2) is 23.3 Å². The average molecular weight is 301 g/mol. The number of nitrogens with zero attached hydrogens (tertiary/aromatic N) is 2. The fraction of sp³-hybridized carbons (Fsp3) is 0.267. The Morgan fingerprint density at radius 2 is 2.24 bits per heavy atom. The number of aromatic nitrogens is 1. The normalized spacial score (nSPS) is 16.9. The van der Waals surface area contributed by atoms with Crippen molar-refractivity contribution in [2.75, 3.05) is 16.8 Å². The fourth-order valence-corrected chi connectivity index (χ4v) is 2.90. The second-order valence-corrected chi connectivity index (χ2v) is 6.41. The number of carbonyl (C=O) groups excluding carboxylic acids is 2. The number of amides is 2. The van der Waals surface area contributed by atoms with Crippen LogP contribution in [0.2, 0.25) is 0 Å². The Bertz CT molecular complexity index is 695. The first-order chi connectivity index (χ1) is 9.99. The highest BCUT2D eigenvalue weighted by Gasteiger charge is 2.37. The molecule has 1 N–H and O–H groups in total. The van der Waals surface area contributed by atoms with Crippen LogP contribution in [0.1, 0.15) is 24.2 Å². The minimum atomic E-state index is -0.676. The van der Waals surface area contributed by atoms with Gasteiger partial charge in [0.25, 0.3) is 5.91 Å². The van der Waals surface area contributed by atoms with Crippen molar-refractivity contribution >= 4 is 34.5 Å². The molecule has 3 rings (SSSR count). The number of hydrogen-bond acceptors (Lipinski definition) is 4. The lowest BCUT2D eigenvalue weighted by atomic mass is 9.92. The summed E-state index contributed by atoms with van der Waals surface area (Å²) in [7, 11) is 0. The zero-order valence-electron chi connectivity index (χ0n) is 11.8. The van der Waals surface area contributed by atoms with E-state index in [0.717, 1.165) is 0 Å². The van der Waals surface area contributed by atoms with Crippen molar-refractivity contribution in [3.63, 3.8) is 0 Å². The van der Waals surface area contributed by atoms with E-state index in [2.05, 4.69) is 10.3 Å². The second-order valence-electron chi connectivity index (χ2n) is 5.63. The van der Waals surface area contributed by atoms with Crippen molar-refractivity contribution in [2.45, 2.75) is 13.8 Å². The topological polar surface area (TPSA) is 62.3 Å². The number of fused-ring (bicyclic) bond motifs is 1. The molecule has 0 aromatic carbocycles. The predicted molar refractivity (Wildman–Crippen MR) is 82.6 cm³/mol. The monoisotopic (exact) mass is 301 g/mol. The van der Waals surface area contributed by atoms with E-state index in [0.29, 0.717) is 23.5 Å². The van der Waals surface area contributed by atoms with Crippen LogP contribution in [-0.2, 0) is 4.79 Å². The molecule has 1 aliphatic rings. The summed E-state index contributed by atoms with van der Waals surface area (Å²) >= 11 is 1.47. The van der Waals surface area contributed by atoms with Gasteiger partial charge < -0.3 is 10.2 Å². The zero-order chi connectivity index (χ0) is 15.0. The molecule has 2 aromatic heterocycles.